The predicted molar refractivity (Wildman–Crippen MR) is 111 cm³/mol. The number of hydrogen-bond donors (Lipinski definition) is 5. The molecule has 0 aliphatic heterocycles. The highest BCUT2D eigenvalue weighted by Crippen LogP contribution is 2.42. The van der Waals surface area contributed by atoms with Crippen molar-refractivity contribution in [2.75, 3.05) is 10.0 Å². The van der Waals surface area contributed by atoms with Gasteiger partial charge in [-0.25, -0.2) is 0 Å². The highest BCUT2D eigenvalue weighted by atomic mass is 32.3. The predicted octanol–water partition coefficient (Wildman–Crippen LogP) is 5.02. The van der Waals surface area contributed by atoms with E-state index >= 15 is 0 Å². The van der Waals surface area contributed by atoms with Crippen LogP contribution in [0.1, 0.15) is 15.9 Å². The van der Waals surface area contributed by atoms with Crippen molar-refractivity contribution in [1.82, 2.24) is 4.98 Å². The molecule has 11 heteroatoms. The van der Waals surface area contributed by atoms with E-state index in [2.05, 4.69) is 21.6 Å². The van der Waals surface area contributed by atoms with Crippen LogP contribution in [0.2, 0.25) is 0 Å². The minimum atomic E-state index is -4.77. The van der Waals surface area contributed by atoms with Crippen molar-refractivity contribution < 1.29 is 27.1 Å². The van der Waals surface area contributed by atoms with Gasteiger partial charge >= 0.3 is 6.18 Å². The lowest BCUT2D eigenvalue weighted by Gasteiger charge is -2.30. The summed E-state index contributed by atoms with van der Waals surface area (Å²) in [5, 5.41) is 3.24. The Kier molecular flexibility index (Phi) is 5.61. The Bertz CT molecular complexity index is 1190. The topological polar surface area (TPSA) is 114 Å². The number of alkyl halides is 3. The zero-order valence-corrected chi connectivity index (χ0v) is 16.0. The smallest absolute Gasteiger partial charge is 0.360 e. The Morgan fingerprint density at radius 1 is 1.13 bits per heavy atom. The van der Waals surface area contributed by atoms with Crippen molar-refractivity contribution in [2.45, 2.75) is 6.18 Å². The first-order valence-electron chi connectivity index (χ1n) is 8.33. The van der Waals surface area contributed by atoms with E-state index in [0.29, 0.717) is 17.6 Å². The molecule has 0 bridgehead atoms. The van der Waals surface area contributed by atoms with Crippen molar-refractivity contribution in [3.8, 4) is 0 Å². The monoisotopic (exact) mass is 439 g/mol. The first-order valence-corrected chi connectivity index (χ1v) is 9.94. The number of fused-ring (bicyclic) bond motifs is 1. The number of benzene rings is 2. The second kappa shape index (κ2) is 7.86. The molecule has 2 aromatic carbocycles. The van der Waals surface area contributed by atoms with Gasteiger partial charge in [0.2, 0.25) is 5.43 Å². The minimum Gasteiger partial charge on any atom is -0.360 e. The van der Waals surface area contributed by atoms with Gasteiger partial charge in [0.1, 0.15) is 5.56 Å². The fourth-order valence-corrected chi connectivity index (χ4v) is 3.22. The number of carbonyl (C=O) groups is 1. The molecule has 7 nitrogen and oxygen atoms in total. The van der Waals surface area contributed by atoms with Gasteiger partial charge in [-0.1, -0.05) is 29.5 Å². The van der Waals surface area contributed by atoms with Gasteiger partial charge in [-0.3, -0.25) is 23.4 Å². The molecule has 0 fully saturated rings. The third kappa shape index (κ3) is 4.64. The molecule has 1 heterocycles. The third-order valence-corrected chi connectivity index (χ3v) is 5.05. The second-order valence-electron chi connectivity index (χ2n) is 6.19. The Labute approximate surface area is 169 Å². The number of nitrogens with one attached hydrogen (secondary N) is 3. The average Bonchev–Trinajstić information content (AvgIpc) is 2.67. The van der Waals surface area contributed by atoms with Crippen molar-refractivity contribution in [3.05, 3.63) is 82.0 Å². The minimum absolute atomic E-state index is 0.247. The summed E-state index contributed by atoms with van der Waals surface area (Å²) in [7, 11) is -3.58. The summed E-state index contributed by atoms with van der Waals surface area (Å²) in [6, 6.07) is 8.84. The molecule has 0 radical (unpaired) electrons. The lowest BCUT2D eigenvalue weighted by atomic mass is 10.1. The van der Waals surface area contributed by atoms with Gasteiger partial charge in [-0.05, 0) is 30.3 Å². The molecule has 0 saturated carbocycles. The molecule has 3 rings (SSSR count). The quantitative estimate of drug-likeness (QED) is 0.383. The number of anilines is 2. The molecule has 158 valence electrons. The third-order valence-electron chi connectivity index (χ3n) is 4.05. The first-order chi connectivity index (χ1) is 14.0. The van der Waals surface area contributed by atoms with E-state index in [4.69, 9.17) is 0 Å². The summed E-state index contributed by atoms with van der Waals surface area (Å²) >= 11 is 0. The van der Waals surface area contributed by atoms with Gasteiger partial charge in [0.15, 0.2) is 0 Å². The molecule has 30 heavy (non-hydrogen) atoms. The van der Waals surface area contributed by atoms with Crippen LogP contribution < -0.4 is 15.5 Å². The molecule has 0 spiro atoms. The number of para-hydroxylation sites is 1. The van der Waals surface area contributed by atoms with Gasteiger partial charge < -0.3 is 10.3 Å². The number of hydrogen-bond acceptors (Lipinski definition) is 5. The number of halogens is 3. The van der Waals surface area contributed by atoms with Crippen LogP contribution in [0.5, 0.6) is 0 Å². The van der Waals surface area contributed by atoms with E-state index in [-0.39, 0.29) is 22.3 Å². The molecule has 0 unspecified atom stereocenters. The molecule has 1 amide bonds. The summed E-state index contributed by atoms with van der Waals surface area (Å²) in [5.41, 5.74) is -2.14. The number of H-pyrrole nitrogens is 1. The summed E-state index contributed by atoms with van der Waals surface area (Å²) in [6.45, 7) is 3.19. The van der Waals surface area contributed by atoms with Crippen molar-refractivity contribution in [3.63, 3.8) is 0 Å². The standard InChI is InChI=1S/C19H16F3N3O4S/c1-2-30(28,29)25-13-8-11(19(20,21)22)7-12(9-13)24-18(27)15-10-23-16-6-4-3-5-14(16)17(15)26/h2-10,25,28-29H,1H2,(H,23,26)(H,24,27). The maximum atomic E-state index is 13.2. The fraction of sp³-hybridized carbons (Fsp3) is 0.0526. The van der Waals surface area contributed by atoms with E-state index in [1.54, 1.807) is 18.2 Å². The highest BCUT2D eigenvalue weighted by molar-refractivity contribution is 8.27. The van der Waals surface area contributed by atoms with Crippen LogP contribution in [-0.4, -0.2) is 20.0 Å². The molecule has 3 aromatic rings. The van der Waals surface area contributed by atoms with E-state index in [0.717, 1.165) is 11.5 Å². The van der Waals surface area contributed by atoms with Gasteiger partial charge in [0.05, 0.1) is 11.3 Å². The van der Waals surface area contributed by atoms with Gasteiger partial charge in [-0.2, -0.15) is 13.2 Å². The van der Waals surface area contributed by atoms with Crippen LogP contribution in [0.3, 0.4) is 0 Å². The SMILES string of the molecule is C=CS(O)(O)Nc1cc(NC(=O)c2c[nH]c3ccccc3c2=O)cc(C(F)(F)F)c1. The molecule has 1 aromatic heterocycles. The van der Waals surface area contributed by atoms with Crippen LogP contribution in [0, 0.1) is 0 Å². The van der Waals surface area contributed by atoms with E-state index < -0.39 is 33.9 Å². The zero-order chi connectivity index (χ0) is 22.1. The van der Waals surface area contributed by atoms with Gasteiger partial charge in [-0.15, -0.1) is 0 Å². The number of carbonyl (C=O) groups excluding carboxylic acids is 1. The van der Waals surface area contributed by atoms with Crippen LogP contribution >= 0.6 is 10.8 Å². The largest absolute Gasteiger partial charge is 0.416 e. The molecular weight excluding hydrogens is 423 g/mol. The number of rotatable bonds is 5. The molecule has 0 aliphatic rings. The lowest BCUT2D eigenvalue weighted by molar-refractivity contribution is -0.137. The van der Waals surface area contributed by atoms with Crippen molar-refractivity contribution in [2.24, 2.45) is 0 Å². The van der Waals surface area contributed by atoms with Crippen LogP contribution in [0.25, 0.3) is 10.9 Å². The molecular formula is C19H16F3N3O4S. The molecule has 5 N–H and O–H groups in total. The van der Waals surface area contributed by atoms with Gasteiger partial charge in [0.25, 0.3) is 5.91 Å². The molecule has 0 saturated heterocycles. The van der Waals surface area contributed by atoms with Crippen LogP contribution in [0.4, 0.5) is 24.5 Å². The van der Waals surface area contributed by atoms with Crippen molar-refractivity contribution >= 4 is 39.0 Å². The van der Waals surface area contributed by atoms with Crippen molar-refractivity contribution in [1.29, 1.82) is 0 Å². The fourth-order valence-electron chi connectivity index (χ4n) is 2.67. The number of amides is 1. The summed E-state index contributed by atoms with van der Waals surface area (Å²) in [4.78, 5) is 27.9. The maximum Gasteiger partial charge on any atom is 0.416 e. The number of aromatic nitrogens is 1. The van der Waals surface area contributed by atoms with E-state index in [9.17, 15) is 31.9 Å². The Balaban J connectivity index is 1.99. The normalized spacial score (nSPS) is 12.4. The first kappa shape index (κ1) is 21.4. The Morgan fingerprint density at radius 3 is 2.47 bits per heavy atom. The Morgan fingerprint density at radius 2 is 1.80 bits per heavy atom. The summed E-state index contributed by atoms with van der Waals surface area (Å²) in [6.07, 6.45) is -3.60. The van der Waals surface area contributed by atoms with E-state index in [1.807, 2.05) is 0 Å². The van der Waals surface area contributed by atoms with E-state index in [1.165, 1.54) is 12.3 Å². The summed E-state index contributed by atoms with van der Waals surface area (Å²) in [5.74, 6) is -0.928. The zero-order valence-electron chi connectivity index (χ0n) is 15.2. The average molecular weight is 439 g/mol. The van der Waals surface area contributed by atoms with Gasteiger partial charge in [0, 0.05) is 28.2 Å². The highest BCUT2D eigenvalue weighted by Gasteiger charge is 2.32. The van der Waals surface area contributed by atoms with Crippen LogP contribution in [-0.2, 0) is 6.18 Å². The second-order valence-corrected chi connectivity index (χ2v) is 7.91. The molecule has 0 aliphatic carbocycles. The number of pyridine rings is 1. The Hall–Kier alpha value is -3.28. The summed E-state index contributed by atoms with van der Waals surface area (Å²) < 4.78 is 61.1. The molecule has 0 atom stereocenters. The lowest BCUT2D eigenvalue weighted by Crippen LogP contribution is -2.22. The maximum absolute atomic E-state index is 13.2. The van der Waals surface area contributed by atoms with Crippen LogP contribution in [0.15, 0.2) is 65.4 Å². The number of aromatic amines is 1.